The summed E-state index contributed by atoms with van der Waals surface area (Å²) in [5.41, 5.74) is 2.21. The molecule has 2 aromatic heterocycles. The fraction of sp³-hybridized carbons (Fsp3) is 0.611. The van der Waals surface area contributed by atoms with E-state index < -0.39 is 0 Å². The van der Waals surface area contributed by atoms with Crippen molar-refractivity contribution in [2.24, 2.45) is 0 Å². The smallest absolute Gasteiger partial charge is 0.227 e. The molecule has 0 aromatic carbocycles. The molecule has 8 nitrogen and oxygen atoms in total. The summed E-state index contributed by atoms with van der Waals surface area (Å²) in [4.78, 5) is 20.7. The summed E-state index contributed by atoms with van der Waals surface area (Å²) in [6.07, 6.45) is 8.54. The van der Waals surface area contributed by atoms with Crippen molar-refractivity contribution in [2.45, 2.75) is 45.0 Å². The van der Waals surface area contributed by atoms with E-state index in [1.807, 2.05) is 28.2 Å². The molecule has 3 aliphatic heterocycles. The van der Waals surface area contributed by atoms with Crippen LogP contribution in [0.15, 0.2) is 18.6 Å². The Hall–Kier alpha value is -2.19. The van der Waals surface area contributed by atoms with Gasteiger partial charge in [-0.3, -0.25) is 14.4 Å². The van der Waals surface area contributed by atoms with Gasteiger partial charge in [-0.25, -0.2) is 4.98 Å². The van der Waals surface area contributed by atoms with Gasteiger partial charge in [0.2, 0.25) is 5.91 Å². The number of anilines is 1. The summed E-state index contributed by atoms with van der Waals surface area (Å²) >= 11 is 0. The first-order valence-corrected chi connectivity index (χ1v) is 9.46. The molecule has 1 unspecified atom stereocenters. The minimum atomic E-state index is 0.215. The van der Waals surface area contributed by atoms with Crippen LogP contribution in [0.4, 0.5) is 5.69 Å². The van der Waals surface area contributed by atoms with E-state index >= 15 is 0 Å². The van der Waals surface area contributed by atoms with E-state index in [0.29, 0.717) is 19.1 Å². The third-order valence-electron chi connectivity index (χ3n) is 5.69. The number of amides is 1. The van der Waals surface area contributed by atoms with Gasteiger partial charge in [-0.05, 0) is 12.8 Å². The second kappa shape index (κ2) is 6.51. The van der Waals surface area contributed by atoms with Gasteiger partial charge in [-0.2, -0.15) is 5.10 Å². The quantitative estimate of drug-likeness (QED) is 0.823. The van der Waals surface area contributed by atoms with Crippen LogP contribution in [-0.4, -0.2) is 56.4 Å². The van der Waals surface area contributed by atoms with Crippen LogP contribution in [0.2, 0.25) is 0 Å². The number of rotatable bonds is 4. The van der Waals surface area contributed by atoms with Crippen LogP contribution in [0.25, 0.3) is 0 Å². The van der Waals surface area contributed by atoms with Crippen molar-refractivity contribution >= 4 is 11.6 Å². The molecule has 0 bridgehead atoms. The highest BCUT2D eigenvalue weighted by atomic mass is 16.5. The zero-order chi connectivity index (χ0) is 17.5. The van der Waals surface area contributed by atoms with Gasteiger partial charge in [0.05, 0.1) is 30.2 Å². The van der Waals surface area contributed by atoms with Crippen LogP contribution in [0, 0.1) is 0 Å². The predicted molar refractivity (Wildman–Crippen MR) is 94.6 cm³/mol. The Bertz CT molecular complexity index is 812. The van der Waals surface area contributed by atoms with Crippen molar-refractivity contribution in [3.8, 4) is 0 Å². The predicted octanol–water partition coefficient (Wildman–Crippen LogP) is 1.18. The summed E-state index contributed by atoms with van der Waals surface area (Å²) in [5, 5.41) is 4.54. The molecule has 2 saturated heterocycles. The first-order valence-electron chi connectivity index (χ1n) is 9.46. The number of imidazole rings is 1. The van der Waals surface area contributed by atoms with Gasteiger partial charge >= 0.3 is 0 Å². The minimum absolute atomic E-state index is 0.215. The Balaban J connectivity index is 1.24. The highest BCUT2D eigenvalue weighted by Gasteiger charge is 2.28. The first kappa shape index (κ1) is 16.0. The van der Waals surface area contributed by atoms with Gasteiger partial charge in [0.15, 0.2) is 0 Å². The highest BCUT2D eigenvalue weighted by molar-refractivity contribution is 5.95. The van der Waals surface area contributed by atoms with E-state index in [-0.39, 0.29) is 5.91 Å². The molecule has 0 radical (unpaired) electrons. The molecule has 0 spiro atoms. The van der Waals surface area contributed by atoms with E-state index in [1.54, 1.807) is 0 Å². The van der Waals surface area contributed by atoms with Crippen molar-refractivity contribution in [3.05, 3.63) is 30.1 Å². The fourth-order valence-electron chi connectivity index (χ4n) is 4.28. The summed E-state index contributed by atoms with van der Waals surface area (Å²) < 4.78 is 9.81. The number of aromatic nitrogens is 4. The minimum Gasteiger partial charge on any atom is -0.372 e. The number of fused-ring (bicyclic) bond motifs is 1. The zero-order valence-corrected chi connectivity index (χ0v) is 14.9. The SMILES string of the molecule is O=C1CCCN1c1cnn(C2CCN(Cc3cnc4n3CCOC4)C2)c1. The fourth-order valence-corrected chi connectivity index (χ4v) is 4.28. The number of hydrogen-bond acceptors (Lipinski definition) is 5. The lowest BCUT2D eigenvalue weighted by Gasteiger charge is -2.20. The molecular weight excluding hydrogens is 332 g/mol. The summed E-state index contributed by atoms with van der Waals surface area (Å²) in [6, 6.07) is 0.369. The third-order valence-corrected chi connectivity index (χ3v) is 5.69. The molecule has 26 heavy (non-hydrogen) atoms. The molecule has 8 heteroatoms. The summed E-state index contributed by atoms with van der Waals surface area (Å²) in [7, 11) is 0. The molecule has 3 aliphatic rings. The maximum absolute atomic E-state index is 11.9. The number of ether oxygens (including phenoxy) is 1. The summed E-state index contributed by atoms with van der Waals surface area (Å²) in [6.45, 7) is 6.05. The molecule has 2 fully saturated rings. The summed E-state index contributed by atoms with van der Waals surface area (Å²) in [5.74, 6) is 1.25. The Kier molecular flexibility index (Phi) is 4.01. The Labute approximate surface area is 152 Å². The standard InChI is InChI=1S/C18H24N6O2/c25-18-2-1-4-23(18)16-9-20-24(12-16)14-3-5-21(10-14)11-15-8-19-17-13-26-7-6-22(15)17/h8-9,12,14H,1-7,10-11,13H2. The Morgan fingerprint density at radius 2 is 2.19 bits per heavy atom. The lowest BCUT2D eigenvalue weighted by atomic mass is 10.3. The number of hydrogen-bond donors (Lipinski definition) is 0. The van der Waals surface area contributed by atoms with Gasteiger partial charge in [0.1, 0.15) is 12.4 Å². The molecule has 1 amide bonds. The monoisotopic (exact) mass is 356 g/mol. The van der Waals surface area contributed by atoms with Crippen LogP contribution < -0.4 is 4.90 Å². The van der Waals surface area contributed by atoms with Crippen LogP contribution in [-0.2, 0) is 29.2 Å². The van der Waals surface area contributed by atoms with E-state index in [4.69, 9.17) is 4.74 Å². The maximum atomic E-state index is 11.9. The van der Waals surface area contributed by atoms with Crippen molar-refractivity contribution in [1.82, 2.24) is 24.2 Å². The number of carbonyl (C=O) groups excluding carboxylic acids is 1. The largest absolute Gasteiger partial charge is 0.372 e. The van der Waals surface area contributed by atoms with E-state index in [1.165, 1.54) is 5.69 Å². The third kappa shape index (κ3) is 2.83. The van der Waals surface area contributed by atoms with Crippen molar-refractivity contribution in [1.29, 1.82) is 0 Å². The molecule has 138 valence electrons. The molecule has 1 atom stereocenters. The van der Waals surface area contributed by atoms with E-state index in [0.717, 1.165) is 63.7 Å². The van der Waals surface area contributed by atoms with E-state index in [9.17, 15) is 4.79 Å². The van der Waals surface area contributed by atoms with Crippen LogP contribution in [0.3, 0.4) is 0 Å². The normalized spacial score (nSPS) is 23.8. The number of nitrogens with zero attached hydrogens (tertiary/aromatic N) is 6. The zero-order valence-electron chi connectivity index (χ0n) is 14.9. The molecule has 0 aliphatic carbocycles. The molecule has 5 heterocycles. The van der Waals surface area contributed by atoms with Gasteiger partial charge in [0.25, 0.3) is 0 Å². The van der Waals surface area contributed by atoms with Crippen LogP contribution in [0.1, 0.15) is 36.8 Å². The molecule has 5 rings (SSSR count). The molecule has 0 N–H and O–H groups in total. The van der Waals surface area contributed by atoms with Gasteiger partial charge in [-0.15, -0.1) is 0 Å². The second-order valence-electron chi connectivity index (χ2n) is 7.38. The lowest BCUT2D eigenvalue weighted by Crippen LogP contribution is -2.25. The lowest BCUT2D eigenvalue weighted by molar-refractivity contribution is -0.117. The highest BCUT2D eigenvalue weighted by Crippen LogP contribution is 2.27. The van der Waals surface area contributed by atoms with Crippen LogP contribution in [0.5, 0.6) is 0 Å². The van der Waals surface area contributed by atoms with Gasteiger partial charge in [0, 0.05) is 51.5 Å². The van der Waals surface area contributed by atoms with Crippen molar-refractivity contribution in [2.75, 3.05) is 31.1 Å². The van der Waals surface area contributed by atoms with Crippen molar-refractivity contribution in [3.63, 3.8) is 0 Å². The average molecular weight is 356 g/mol. The maximum Gasteiger partial charge on any atom is 0.227 e. The van der Waals surface area contributed by atoms with Crippen molar-refractivity contribution < 1.29 is 9.53 Å². The first-order chi connectivity index (χ1) is 12.8. The van der Waals surface area contributed by atoms with Crippen LogP contribution >= 0.6 is 0 Å². The topological polar surface area (TPSA) is 68.4 Å². The molecular formula is C18H24N6O2. The van der Waals surface area contributed by atoms with E-state index in [2.05, 4.69) is 19.5 Å². The average Bonchev–Trinajstić information content (AvgIpc) is 3.42. The Morgan fingerprint density at radius 3 is 3.08 bits per heavy atom. The molecule has 2 aromatic rings. The molecule has 0 saturated carbocycles. The van der Waals surface area contributed by atoms with Gasteiger partial charge < -0.3 is 14.2 Å². The number of likely N-dealkylation sites (tertiary alicyclic amines) is 1. The number of carbonyl (C=O) groups is 1. The van der Waals surface area contributed by atoms with Gasteiger partial charge in [-0.1, -0.05) is 0 Å². The Morgan fingerprint density at radius 1 is 1.23 bits per heavy atom. The second-order valence-corrected chi connectivity index (χ2v) is 7.38.